The molecule has 108 valence electrons. The number of benzene rings is 1. The van der Waals surface area contributed by atoms with Crippen molar-refractivity contribution in [2.45, 2.75) is 19.3 Å². The van der Waals surface area contributed by atoms with Crippen molar-refractivity contribution in [3.8, 4) is 0 Å². The van der Waals surface area contributed by atoms with Crippen LogP contribution in [0.4, 0.5) is 0 Å². The fourth-order valence-corrected chi connectivity index (χ4v) is 2.48. The molecule has 0 fully saturated rings. The Morgan fingerprint density at radius 1 is 1.25 bits per heavy atom. The molecular formula is C15H21IN4. The summed E-state index contributed by atoms with van der Waals surface area (Å²) >= 11 is 0. The summed E-state index contributed by atoms with van der Waals surface area (Å²) in [5, 5.41) is 7.98. The minimum atomic E-state index is 0. The summed E-state index contributed by atoms with van der Waals surface area (Å²) in [6, 6.07) is 8.47. The maximum Gasteiger partial charge on any atom is 0.191 e. The highest BCUT2D eigenvalue weighted by Gasteiger charge is 2.04. The molecule has 0 atom stereocenters. The highest BCUT2D eigenvalue weighted by molar-refractivity contribution is 14.0. The van der Waals surface area contributed by atoms with E-state index in [1.54, 1.807) is 0 Å². The van der Waals surface area contributed by atoms with Gasteiger partial charge in [-0.05, 0) is 30.9 Å². The van der Waals surface area contributed by atoms with Gasteiger partial charge in [-0.15, -0.1) is 24.0 Å². The predicted molar refractivity (Wildman–Crippen MR) is 95.0 cm³/mol. The van der Waals surface area contributed by atoms with Crippen LogP contribution in [0.1, 0.15) is 18.4 Å². The fourth-order valence-electron chi connectivity index (χ4n) is 2.48. The lowest BCUT2D eigenvalue weighted by atomic mass is 10.1. The van der Waals surface area contributed by atoms with Crippen molar-refractivity contribution in [2.75, 3.05) is 19.6 Å². The molecule has 0 unspecified atom stereocenters. The van der Waals surface area contributed by atoms with Crippen LogP contribution in [0.2, 0.25) is 0 Å². The fraction of sp³-hybridized carbons (Fsp3) is 0.400. The molecule has 1 aromatic carbocycles. The summed E-state index contributed by atoms with van der Waals surface area (Å²) in [6.07, 6.45) is 5.47. The van der Waals surface area contributed by atoms with Crippen LogP contribution in [0.5, 0.6) is 0 Å². The number of aromatic amines is 1. The van der Waals surface area contributed by atoms with Crippen molar-refractivity contribution in [1.82, 2.24) is 15.6 Å². The van der Waals surface area contributed by atoms with Crippen LogP contribution in [0.25, 0.3) is 10.9 Å². The lowest BCUT2D eigenvalue weighted by Gasteiger charge is -2.15. The molecule has 0 radical (unpaired) electrons. The smallest absolute Gasteiger partial charge is 0.191 e. The zero-order valence-corrected chi connectivity index (χ0v) is 13.8. The van der Waals surface area contributed by atoms with Crippen LogP contribution in [0.3, 0.4) is 0 Å². The third kappa shape index (κ3) is 3.65. The molecule has 0 bridgehead atoms. The van der Waals surface area contributed by atoms with Gasteiger partial charge in [0.2, 0.25) is 0 Å². The van der Waals surface area contributed by atoms with E-state index in [4.69, 9.17) is 0 Å². The summed E-state index contributed by atoms with van der Waals surface area (Å²) in [4.78, 5) is 7.72. The van der Waals surface area contributed by atoms with Gasteiger partial charge in [0.15, 0.2) is 5.96 Å². The number of hydrogen-bond acceptors (Lipinski definition) is 3. The number of fused-ring (bicyclic) bond motifs is 1. The van der Waals surface area contributed by atoms with Crippen molar-refractivity contribution < 1.29 is 0 Å². The van der Waals surface area contributed by atoms with E-state index < -0.39 is 0 Å². The average Bonchev–Trinajstić information content (AvgIpc) is 2.88. The third-order valence-corrected chi connectivity index (χ3v) is 3.49. The Morgan fingerprint density at radius 3 is 3.00 bits per heavy atom. The molecule has 4 nitrogen and oxygen atoms in total. The lowest BCUT2D eigenvalue weighted by molar-refractivity contribution is 0.686. The Bertz CT molecular complexity index is 576. The second-order valence-corrected chi connectivity index (χ2v) is 4.90. The first-order chi connectivity index (χ1) is 9.43. The number of para-hydroxylation sites is 1. The number of guanidine groups is 1. The lowest BCUT2D eigenvalue weighted by Crippen LogP contribution is -2.41. The van der Waals surface area contributed by atoms with Crippen LogP contribution in [0.15, 0.2) is 35.5 Å². The quantitative estimate of drug-likeness (QED) is 0.561. The third-order valence-electron chi connectivity index (χ3n) is 3.49. The molecule has 0 amide bonds. The number of nitrogens with zero attached hydrogens (tertiary/aromatic N) is 1. The van der Waals surface area contributed by atoms with Crippen molar-refractivity contribution >= 4 is 40.8 Å². The molecular weight excluding hydrogens is 363 g/mol. The van der Waals surface area contributed by atoms with E-state index in [-0.39, 0.29) is 24.0 Å². The number of H-pyrrole nitrogens is 1. The van der Waals surface area contributed by atoms with E-state index in [0.717, 1.165) is 44.9 Å². The molecule has 0 saturated carbocycles. The van der Waals surface area contributed by atoms with Crippen molar-refractivity contribution in [3.63, 3.8) is 0 Å². The summed E-state index contributed by atoms with van der Waals surface area (Å²) in [5.74, 6) is 0.963. The first-order valence-electron chi connectivity index (χ1n) is 7.01. The average molecular weight is 384 g/mol. The van der Waals surface area contributed by atoms with Crippen LogP contribution < -0.4 is 10.6 Å². The zero-order valence-electron chi connectivity index (χ0n) is 11.5. The second kappa shape index (κ2) is 7.52. The molecule has 1 aliphatic rings. The number of rotatable bonds is 4. The van der Waals surface area contributed by atoms with Gasteiger partial charge in [-0.25, -0.2) is 0 Å². The minimum Gasteiger partial charge on any atom is -0.361 e. The second-order valence-electron chi connectivity index (χ2n) is 4.90. The van der Waals surface area contributed by atoms with Crippen LogP contribution >= 0.6 is 24.0 Å². The molecule has 1 aromatic heterocycles. The Labute approximate surface area is 136 Å². The van der Waals surface area contributed by atoms with Crippen molar-refractivity contribution in [2.24, 2.45) is 4.99 Å². The summed E-state index contributed by atoms with van der Waals surface area (Å²) in [7, 11) is 0. The molecule has 0 saturated heterocycles. The SMILES string of the molecule is I.c1ccc2c(CCCNC3=NCCCN3)c[nH]c2c1. The van der Waals surface area contributed by atoms with Gasteiger partial charge in [0.05, 0.1) is 0 Å². The standard InChI is InChI=1S/C15H20N4.HI/c1-2-7-14-13(6-1)12(11-19-14)5-3-8-16-15-17-9-4-10-18-15;/h1-2,6-7,11,19H,3-5,8-10H2,(H2,16,17,18);1H. The van der Waals surface area contributed by atoms with E-state index in [1.807, 2.05) is 0 Å². The first-order valence-corrected chi connectivity index (χ1v) is 7.01. The number of aliphatic imine (C=N–C) groups is 1. The monoisotopic (exact) mass is 384 g/mol. The zero-order chi connectivity index (χ0) is 12.9. The summed E-state index contributed by atoms with van der Waals surface area (Å²) in [6.45, 7) is 2.94. The number of aromatic nitrogens is 1. The van der Waals surface area contributed by atoms with Crippen LogP contribution in [0, 0.1) is 0 Å². The highest BCUT2D eigenvalue weighted by Crippen LogP contribution is 2.18. The maximum atomic E-state index is 4.40. The van der Waals surface area contributed by atoms with Gasteiger partial charge in [0.1, 0.15) is 0 Å². The molecule has 3 rings (SSSR count). The Balaban J connectivity index is 0.00000147. The van der Waals surface area contributed by atoms with Gasteiger partial charge < -0.3 is 15.6 Å². The van der Waals surface area contributed by atoms with E-state index in [2.05, 4.69) is 51.1 Å². The van der Waals surface area contributed by atoms with Gasteiger partial charge in [0, 0.05) is 36.7 Å². The number of hydrogen-bond donors (Lipinski definition) is 3. The first kappa shape index (κ1) is 15.2. The molecule has 2 heterocycles. The summed E-state index contributed by atoms with van der Waals surface area (Å²) in [5.41, 5.74) is 2.62. The summed E-state index contributed by atoms with van der Waals surface area (Å²) < 4.78 is 0. The van der Waals surface area contributed by atoms with Crippen molar-refractivity contribution in [3.05, 3.63) is 36.0 Å². The topological polar surface area (TPSA) is 52.2 Å². The maximum absolute atomic E-state index is 4.40. The van der Waals surface area contributed by atoms with Gasteiger partial charge in [-0.1, -0.05) is 18.2 Å². The predicted octanol–water partition coefficient (Wildman–Crippen LogP) is 2.66. The molecule has 3 N–H and O–H groups in total. The number of halogens is 1. The van der Waals surface area contributed by atoms with Gasteiger partial charge >= 0.3 is 0 Å². The molecule has 5 heteroatoms. The Morgan fingerprint density at radius 2 is 2.15 bits per heavy atom. The Kier molecular flexibility index (Phi) is 5.70. The van der Waals surface area contributed by atoms with Crippen LogP contribution in [-0.4, -0.2) is 30.6 Å². The van der Waals surface area contributed by atoms with E-state index in [9.17, 15) is 0 Å². The van der Waals surface area contributed by atoms with Crippen LogP contribution in [-0.2, 0) is 6.42 Å². The molecule has 0 aliphatic carbocycles. The van der Waals surface area contributed by atoms with Crippen molar-refractivity contribution in [1.29, 1.82) is 0 Å². The largest absolute Gasteiger partial charge is 0.361 e. The van der Waals surface area contributed by atoms with Gasteiger partial charge in [0.25, 0.3) is 0 Å². The van der Waals surface area contributed by atoms with E-state index in [0.29, 0.717) is 0 Å². The van der Waals surface area contributed by atoms with E-state index >= 15 is 0 Å². The van der Waals surface area contributed by atoms with Gasteiger partial charge in [-0.3, -0.25) is 4.99 Å². The molecule has 1 aliphatic heterocycles. The normalized spacial score (nSPS) is 14.3. The Hall–Kier alpha value is -1.24. The highest BCUT2D eigenvalue weighted by atomic mass is 127. The number of aryl methyl sites for hydroxylation is 1. The van der Waals surface area contributed by atoms with Gasteiger partial charge in [-0.2, -0.15) is 0 Å². The van der Waals surface area contributed by atoms with E-state index in [1.165, 1.54) is 16.5 Å². The minimum absolute atomic E-state index is 0. The molecule has 20 heavy (non-hydrogen) atoms. The molecule has 0 spiro atoms. The number of nitrogens with one attached hydrogen (secondary N) is 3. The molecule has 2 aromatic rings.